The molecule has 1 amide bonds. The smallest absolute Gasteiger partial charge is 0.255 e. The number of hydrogen-bond donors (Lipinski definition) is 2. The van der Waals surface area contributed by atoms with E-state index in [1.54, 1.807) is 18.2 Å². The number of phenolic OH excluding ortho intramolecular Hbond substituents is 1. The lowest BCUT2D eigenvalue weighted by molar-refractivity contribution is 0.0944. The number of likely N-dealkylation sites (tertiary alicyclic amines) is 1. The van der Waals surface area contributed by atoms with E-state index in [-0.39, 0.29) is 11.7 Å². The van der Waals surface area contributed by atoms with Gasteiger partial charge in [0.1, 0.15) is 5.75 Å². The van der Waals surface area contributed by atoms with Crippen LogP contribution in [0.5, 0.6) is 5.75 Å². The van der Waals surface area contributed by atoms with Crippen molar-refractivity contribution in [3.63, 3.8) is 0 Å². The van der Waals surface area contributed by atoms with Crippen LogP contribution in [0.1, 0.15) is 30.6 Å². The number of carbonyl (C=O) groups excluding carboxylic acids is 1. The maximum atomic E-state index is 12.0. The van der Waals surface area contributed by atoms with Crippen molar-refractivity contribution >= 4 is 5.91 Å². The van der Waals surface area contributed by atoms with Gasteiger partial charge in [0.05, 0.1) is 5.56 Å². The molecule has 1 saturated heterocycles. The predicted octanol–water partition coefficient (Wildman–Crippen LogP) is 1.85. The van der Waals surface area contributed by atoms with Gasteiger partial charge in [0.2, 0.25) is 0 Å². The number of aromatic hydroxyl groups is 1. The minimum atomic E-state index is -0.193. The molecule has 1 atom stereocenters. The van der Waals surface area contributed by atoms with Crippen LogP contribution < -0.4 is 5.32 Å². The molecule has 2 N–H and O–H groups in total. The van der Waals surface area contributed by atoms with Gasteiger partial charge in [0.25, 0.3) is 5.91 Å². The predicted molar refractivity (Wildman–Crippen MR) is 75.3 cm³/mol. The van der Waals surface area contributed by atoms with Crippen molar-refractivity contribution in [1.29, 1.82) is 0 Å². The van der Waals surface area contributed by atoms with Gasteiger partial charge >= 0.3 is 0 Å². The maximum Gasteiger partial charge on any atom is 0.255 e. The summed E-state index contributed by atoms with van der Waals surface area (Å²) in [5, 5.41) is 12.5. The van der Waals surface area contributed by atoms with Crippen LogP contribution in [0.2, 0.25) is 0 Å². The Balaban J connectivity index is 1.84. The van der Waals surface area contributed by atoms with E-state index >= 15 is 0 Å². The number of nitrogens with zero attached hydrogens (tertiary/aromatic N) is 1. The van der Waals surface area contributed by atoms with Crippen LogP contribution >= 0.6 is 0 Å². The summed E-state index contributed by atoms with van der Waals surface area (Å²) in [6.07, 6.45) is 1.12. The molecule has 0 radical (unpaired) electrons. The highest BCUT2D eigenvalue weighted by atomic mass is 16.3. The molecule has 0 aromatic heterocycles. The van der Waals surface area contributed by atoms with Gasteiger partial charge in [-0.15, -0.1) is 0 Å². The van der Waals surface area contributed by atoms with Crippen LogP contribution in [-0.2, 0) is 0 Å². The molecule has 19 heavy (non-hydrogen) atoms. The summed E-state index contributed by atoms with van der Waals surface area (Å²) in [5.74, 6) is 0.355. The number of nitrogens with one attached hydrogen (secondary N) is 1. The van der Waals surface area contributed by atoms with Gasteiger partial charge < -0.3 is 15.3 Å². The average Bonchev–Trinajstić information content (AvgIpc) is 2.85. The first-order chi connectivity index (χ1) is 9.08. The molecule has 1 aromatic carbocycles. The Morgan fingerprint density at radius 3 is 2.84 bits per heavy atom. The number of benzene rings is 1. The van der Waals surface area contributed by atoms with Gasteiger partial charge in [0.15, 0.2) is 0 Å². The molecular formula is C15H22N2O2. The number of para-hydroxylation sites is 1. The van der Waals surface area contributed by atoms with Gasteiger partial charge in [0, 0.05) is 19.1 Å². The van der Waals surface area contributed by atoms with E-state index in [9.17, 15) is 9.90 Å². The summed E-state index contributed by atoms with van der Waals surface area (Å²) in [6.45, 7) is 7.22. The molecule has 1 aliphatic heterocycles. The minimum Gasteiger partial charge on any atom is -0.507 e. The summed E-state index contributed by atoms with van der Waals surface area (Å²) in [7, 11) is 0. The number of amides is 1. The van der Waals surface area contributed by atoms with Crippen molar-refractivity contribution in [2.75, 3.05) is 19.6 Å². The third-order valence-electron chi connectivity index (χ3n) is 3.75. The number of rotatable bonds is 4. The Labute approximate surface area is 114 Å². The van der Waals surface area contributed by atoms with E-state index in [1.807, 2.05) is 0 Å². The number of phenols is 1. The van der Waals surface area contributed by atoms with Crippen LogP contribution in [0.4, 0.5) is 0 Å². The Kier molecular flexibility index (Phi) is 4.43. The molecule has 0 aliphatic carbocycles. The third-order valence-corrected chi connectivity index (χ3v) is 3.75. The fraction of sp³-hybridized carbons (Fsp3) is 0.533. The minimum absolute atomic E-state index is 0.0372. The number of hydrogen-bond acceptors (Lipinski definition) is 3. The van der Waals surface area contributed by atoms with Crippen LogP contribution in [-0.4, -0.2) is 41.6 Å². The van der Waals surface area contributed by atoms with Crippen molar-refractivity contribution in [1.82, 2.24) is 10.2 Å². The highest BCUT2D eigenvalue weighted by Gasteiger charge is 2.24. The lowest BCUT2D eigenvalue weighted by Gasteiger charge is -2.20. The van der Waals surface area contributed by atoms with Crippen molar-refractivity contribution in [2.24, 2.45) is 5.92 Å². The highest BCUT2D eigenvalue weighted by molar-refractivity contribution is 5.96. The Morgan fingerprint density at radius 2 is 2.21 bits per heavy atom. The molecule has 0 bridgehead atoms. The summed E-state index contributed by atoms with van der Waals surface area (Å²) < 4.78 is 0. The molecule has 1 aromatic rings. The molecule has 1 aliphatic rings. The van der Waals surface area contributed by atoms with Crippen molar-refractivity contribution in [3.8, 4) is 5.75 Å². The highest BCUT2D eigenvalue weighted by Crippen LogP contribution is 2.19. The first kappa shape index (κ1) is 13.9. The third kappa shape index (κ3) is 3.47. The standard InChI is InChI=1S/C15H22N2O2/c1-11(2)17-8-7-12(10-17)9-16-15(19)13-5-3-4-6-14(13)18/h3-6,11-12,18H,7-10H2,1-2H3,(H,16,19). The van der Waals surface area contributed by atoms with E-state index in [1.165, 1.54) is 6.07 Å². The fourth-order valence-corrected chi connectivity index (χ4v) is 2.50. The van der Waals surface area contributed by atoms with Crippen molar-refractivity contribution < 1.29 is 9.90 Å². The first-order valence-corrected chi connectivity index (χ1v) is 6.88. The van der Waals surface area contributed by atoms with E-state index < -0.39 is 0 Å². The van der Waals surface area contributed by atoms with Crippen LogP contribution in [0.3, 0.4) is 0 Å². The van der Waals surface area contributed by atoms with Gasteiger partial charge in [-0.05, 0) is 44.9 Å². The Bertz CT molecular complexity index is 446. The van der Waals surface area contributed by atoms with E-state index in [0.717, 1.165) is 19.5 Å². The molecule has 0 spiro atoms. The summed E-state index contributed by atoms with van der Waals surface area (Å²) >= 11 is 0. The molecule has 104 valence electrons. The molecule has 4 nitrogen and oxygen atoms in total. The molecule has 1 heterocycles. The van der Waals surface area contributed by atoms with E-state index in [0.29, 0.717) is 24.1 Å². The Morgan fingerprint density at radius 1 is 1.47 bits per heavy atom. The summed E-state index contributed by atoms with van der Waals surface area (Å²) in [5.41, 5.74) is 0.348. The topological polar surface area (TPSA) is 52.6 Å². The summed E-state index contributed by atoms with van der Waals surface area (Å²) in [6, 6.07) is 7.21. The zero-order chi connectivity index (χ0) is 13.8. The quantitative estimate of drug-likeness (QED) is 0.870. The zero-order valence-corrected chi connectivity index (χ0v) is 11.6. The molecule has 1 unspecified atom stereocenters. The molecular weight excluding hydrogens is 240 g/mol. The monoisotopic (exact) mass is 262 g/mol. The molecule has 0 saturated carbocycles. The van der Waals surface area contributed by atoms with Gasteiger partial charge in [-0.2, -0.15) is 0 Å². The fourth-order valence-electron chi connectivity index (χ4n) is 2.50. The average molecular weight is 262 g/mol. The lowest BCUT2D eigenvalue weighted by Crippen LogP contribution is -2.33. The van der Waals surface area contributed by atoms with Gasteiger partial charge in [-0.25, -0.2) is 0 Å². The van der Waals surface area contributed by atoms with Crippen molar-refractivity contribution in [3.05, 3.63) is 29.8 Å². The second-order valence-corrected chi connectivity index (χ2v) is 5.47. The molecule has 4 heteroatoms. The van der Waals surface area contributed by atoms with Gasteiger partial charge in [-0.1, -0.05) is 12.1 Å². The zero-order valence-electron chi connectivity index (χ0n) is 11.6. The van der Waals surface area contributed by atoms with E-state index in [2.05, 4.69) is 24.1 Å². The normalized spacial score (nSPS) is 19.8. The van der Waals surface area contributed by atoms with Crippen LogP contribution in [0, 0.1) is 5.92 Å². The van der Waals surface area contributed by atoms with Crippen LogP contribution in [0.25, 0.3) is 0 Å². The van der Waals surface area contributed by atoms with Gasteiger partial charge in [-0.3, -0.25) is 4.79 Å². The first-order valence-electron chi connectivity index (χ1n) is 6.88. The van der Waals surface area contributed by atoms with Crippen molar-refractivity contribution in [2.45, 2.75) is 26.3 Å². The summed E-state index contributed by atoms with van der Waals surface area (Å²) in [4.78, 5) is 14.4. The number of carbonyl (C=O) groups is 1. The van der Waals surface area contributed by atoms with E-state index in [4.69, 9.17) is 0 Å². The molecule has 2 rings (SSSR count). The Hall–Kier alpha value is -1.55. The SMILES string of the molecule is CC(C)N1CCC(CNC(=O)c2ccccc2O)C1. The second kappa shape index (κ2) is 6.06. The molecule has 1 fully saturated rings. The largest absolute Gasteiger partial charge is 0.507 e. The second-order valence-electron chi connectivity index (χ2n) is 5.47. The maximum absolute atomic E-state index is 12.0. The van der Waals surface area contributed by atoms with Crippen LogP contribution in [0.15, 0.2) is 24.3 Å². The lowest BCUT2D eigenvalue weighted by atomic mass is 10.1.